The normalized spacial score (nSPS) is 23.7. The maximum absolute atomic E-state index is 7.54. The van der Waals surface area contributed by atoms with Crippen molar-refractivity contribution in [2.45, 2.75) is 101 Å². The summed E-state index contributed by atoms with van der Waals surface area (Å²) in [6.45, 7) is 1.83. The maximum atomic E-state index is 7.54. The van der Waals surface area contributed by atoms with Gasteiger partial charge in [0.25, 0.3) is 0 Å². The van der Waals surface area contributed by atoms with Crippen molar-refractivity contribution in [2.24, 2.45) is 0 Å². The van der Waals surface area contributed by atoms with Crippen LogP contribution in [0.15, 0.2) is 212 Å². The van der Waals surface area contributed by atoms with Gasteiger partial charge in [0.15, 0.2) is 23.7 Å². The van der Waals surface area contributed by atoms with Gasteiger partial charge in [0.2, 0.25) is 0 Å². The van der Waals surface area contributed by atoms with Gasteiger partial charge >= 0.3 is 0 Å². The minimum absolute atomic E-state index is 0.113. The van der Waals surface area contributed by atoms with Crippen molar-refractivity contribution in [3.05, 3.63) is 251 Å². The van der Waals surface area contributed by atoms with E-state index in [-0.39, 0.29) is 44.7 Å². The Morgan fingerprint density at radius 3 is 1.08 bits per heavy atom. The highest BCUT2D eigenvalue weighted by atomic mass is 32.1. The molecule has 0 radical (unpaired) electrons. The number of ether oxygens (including phenoxy) is 11. The predicted molar refractivity (Wildman–Crippen MR) is 284 cm³/mol. The van der Waals surface area contributed by atoms with Gasteiger partial charge in [-0.1, -0.05) is 212 Å². The number of thiocarbonyl (C=S) groups is 1. The molecule has 0 aliphatic carbocycles. The Morgan fingerprint density at radius 1 is 0.365 bits per heavy atom. The number of rotatable bonds is 25. The van der Waals surface area contributed by atoms with Crippen molar-refractivity contribution in [3.63, 3.8) is 0 Å². The van der Waals surface area contributed by atoms with Crippen LogP contribution in [0.4, 0.5) is 0 Å². The predicted octanol–water partition coefficient (Wildman–Crippen LogP) is 11.0. The van der Waals surface area contributed by atoms with E-state index in [1.807, 2.05) is 212 Å². The topological polar surface area (TPSA) is 102 Å². The Labute approximate surface area is 440 Å². The summed E-state index contributed by atoms with van der Waals surface area (Å²) in [6.07, 6.45) is -8.85. The minimum atomic E-state index is -1.20. The third kappa shape index (κ3) is 15.1. The summed E-state index contributed by atoms with van der Waals surface area (Å²) >= 11 is 6.14. The Bertz CT molecular complexity index is 2660. The molecule has 0 spiro atoms. The summed E-state index contributed by atoms with van der Waals surface area (Å²) in [7, 11) is 1.59. The molecule has 0 bridgehead atoms. The molecule has 9 rings (SSSR count). The van der Waals surface area contributed by atoms with Crippen molar-refractivity contribution in [1.29, 1.82) is 0 Å². The molecule has 12 heteroatoms. The molecule has 7 aromatic carbocycles. The number of hydrogen-bond donors (Lipinski definition) is 0. The highest BCUT2D eigenvalue weighted by Crippen LogP contribution is 2.37. The monoisotopic (exact) mass is 1020 g/mol. The van der Waals surface area contributed by atoms with E-state index in [1.165, 1.54) is 0 Å². The Kier molecular flexibility index (Phi) is 20.1. The largest absolute Gasteiger partial charge is 0.471 e. The molecule has 74 heavy (non-hydrogen) atoms. The lowest BCUT2D eigenvalue weighted by Gasteiger charge is -2.50. The molecule has 0 saturated carbocycles. The lowest BCUT2D eigenvalue weighted by molar-refractivity contribution is -0.371. The van der Waals surface area contributed by atoms with Crippen LogP contribution in [0.3, 0.4) is 0 Å². The standard InChI is InChI=1S/C62H64O11S/c1-63-60-58(69-42-50-33-19-7-20-34-50)57(55(67-40-48-29-15-5-16-30-48)53(70-60)44-65-38-46-25-11-3-12-26-46)72-61-59(73-62(74)51-35-21-8-22-36-51)56(68-41-49-31-17-6-18-32-49)54(66-39-47-27-13-4-14-28-47)52(71-61)43-64-37-45-23-9-2-10-24-45/h2-36,52-61H,37-44H2,1H3/t52-,53-,54-,55-,56+,57+,58-,59-,60+,61+/m1/s1. The van der Waals surface area contributed by atoms with Gasteiger partial charge in [-0.25, -0.2) is 0 Å². The average Bonchev–Trinajstić information content (AvgIpc) is 3.46. The molecule has 2 fully saturated rings. The number of benzene rings is 7. The third-order valence-electron chi connectivity index (χ3n) is 12.9. The number of methoxy groups -OCH3 is 1. The zero-order valence-corrected chi connectivity index (χ0v) is 42.4. The summed E-state index contributed by atoms with van der Waals surface area (Å²) in [5.74, 6) is 0. The van der Waals surface area contributed by atoms with E-state index in [2.05, 4.69) is 0 Å². The molecule has 0 amide bonds. The van der Waals surface area contributed by atoms with Gasteiger partial charge < -0.3 is 52.1 Å². The first-order chi connectivity index (χ1) is 36.6. The molecule has 0 unspecified atom stereocenters. The summed E-state index contributed by atoms with van der Waals surface area (Å²) < 4.78 is 75.8. The molecule has 0 aromatic heterocycles. The summed E-state index contributed by atoms with van der Waals surface area (Å²) in [6, 6.07) is 69.5. The second kappa shape index (κ2) is 28.1. The first kappa shape index (κ1) is 52.9. The summed E-state index contributed by atoms with van der Waals surface area (Å²) in [5.41, 5.74) is 6.55. The highest BCUT2D eigenvalue weighted by molar-refractivity contribution is 7.80. The van der Waals surface area contributed by atoms with E-state index < -0.39 is 61.4 Å². The van der Waals surface area contributed by atoms with Crippen molar-refractivity contribution >= 4 is 17.3 Å². The van der Waals surface area contributed by atoms with Crippen LogP contribution in [-0.4, -0.2) is 86.8 Å². The summed E-state index contributed by atoms with van der Waals surface area (Å²) in [5, 5.41) is 0.226. The van der Waals surface area contributed by atoms with E-state index in [4.69, 9.17) is 64.3 Å². The van der Waals surface area contributed by atoms with Crippen LogP contribution in [0.2, 0.25) is 0 Å². The Hall–Kier alpha value is -5.97. The molecule has 7 aromatic rings. The molecule has 2 aliphatic rings. The van der Waals surface area contributed by atoms with Gasteiger partial charge in [-0.2, -0.15) is 0 Å². The van der Waals surface area contributed by atoms with E-state index in [0.29, 0.717) is 18.8 Å². The third-order valence-corrected chi connectivity index (χ3v) is 13.2. The zero-order chi connectivity index (χ0) is 50.6. The van der Waals surface area contributed by atoms with E-state index >= 15 is 0 Å². The molecular weight excluding hydrogens is 953 g/mol. The highest BCUT2D eigenvalue weighted by Gasteiger charge is 2.55. The van der Waals surface area contributed by atoms with Gasteiger partial charge in [0, 0.05) is 12.7 Å². The molecule has 0 N–H and O–H groups in total. The van der Waals surface area contributed by atoms with Crippen LogP contribution in [0.25, 0.3) is 0 Å². The molecule has 2 aliphatic heterocycles. The molecular formula is C62H64O11S. The van der Waals surface area contributed by atoms with Crippen LogP contribution in [0.5, 0.6) is 0 Å². The first-order valence-corrected chi connectivity index (χ1v) is 25.6. The SMILES string of the molecule is CO[C@H]1O[C@H](COCc2ccccc2)[C@@H](OCc2ccccc2)[C@H](O[C@@H]2O[C@H](COCc3ccccc3)[C@@H](OCc3ccccc3)[C@H](OCc3ccccc3)[C@H]2OC(=S)c2ccccc2)[C@H]1OCc1ccccc1. The van der Waals surface area contributed by atoms with Crippen molar-refractivity contribution in [2.75, 3.05) is 20.3 Å². The Morgan fingerprint density at radius 2 is 0.689 bits per heavy atom. The van der Waals surface area contributed by atoms with Crippen LogP contribution < -0.4 is 0 Å². The van der Waals surface area contributed by atoms with E-state index in [0.717, 1.165) is 33.4 Å². The summed E-state index contributed by atoms with van der Waals surface area (Å²) in [4.78, 5) is 0. The van der Waals surface area contributed by atoms with Crippen LogP contribution in [0, 0.1) is 0 Å². The van der Waals surface area contributed by atoms with Gasteiger partial charge in [-0.05, 0) is 45.6 Å². The first-order valence-electron chi connectivity index (χ1n) is 25.2. The fraction of sp³-hybridized carbons (Fsp3) is 0.306. The average molecular weight is 1020 g/mol. The zero-order valence-electron chi connectivity index (χ0n) is 41.5. The van der Waals surface area contributed by atoms with Gasteiger partial charge in [0.1, 0.15) is 42.7 Å². The van der Waals surface area contributed by atoms with Crippen molar-refractivity contribution in [1.82, 2.24) is 0 Å². The lowest BCUT2D eigenvalue weighted by Crippen LogP contribution is -2.66. The minimum Gasteiger partial charge on any atom is -0.471 e. The van der Waals surface area contributed by atoms with Gasteiger partial charge in [0.05, 0.1) is 52.9 Å². The van der Waals surface area contributed by atoms with Gasteiger partial charge in [-0.15, -0.1) is 0 Å². The molecule has 384 valence electrons. The van der Waals surface area contributed by atoms with Crippen LogP contribution in [0.1, 0.15) is 38.9 Å². The smallest absolute Gasteiger partial charge is 0.198 e. The second-order valence-electron chi connectivity index (χ2n) is 18.2. The molecule has 11 nitrogen and oxygen atoms in total. The van der Waals surface area contributed by atoms with Gasteiger partial charge in [-0.3, -0.25) is 0 Å². The second-order valence-corrected chi connectivity index (χ2v) is 18.6. The van der Waals surface area contributed by atoms with Crippen molar-refractivity contribution in [3.8, 4) is 0 Å². The number of hydrogen-bond acceptors (Lipinski definition) is 12. The van der Waals surface area contributed by atoms with Crippen molar-refractivity contribution < 1.29 is 52.1 Å². The fourth-order valence-electron chi connectivity index (χ4n) is 9.10. The van der Waals surface area contributed by atoms with E-state index in [1.54, 1.807) is 7.11 Å². The quantitative estimate of drug-likeness (QED) is 0.0510. The fourth-order valence-corrected chi connectivity index (χ4v) is 9.34. The molecule has 10 atom stereocenters. The van der Waals surface area contributed by atoms with Crippen LogP contribution >= 0.6 is 12.2 Å². The molecule has 2 saturated heterocycles. The van der Waals surface area contributed by atoms with Crippen LogP contribution in [-0.2, 0) is 91.7 Å². The molecule has 2 heterocycles. The maximum Gasteiger partial charge on any atom is 0.198 e. The Balaban J connectivity index is 1.12. The van der Waals surface area contributed by atoms with E-state index in [9.17, 15) is 0 Å². The lowest BCUT2D eigenvalue weighted by atomic mass is 9.95.